The highest BCUT2D eigenvalue weighted by Crippen LogP contribution is 2.19. The fraction of sp³-hybridized carbons (Fsp3) is 0.389. The van der Waals surface area contributed by atoms with Crippen LogP contribution < -0.4 is 5.32 Å². The van der Waals surface area contributed by atoms with Crippen LogP contribution in [0.2, 0.25) is 0 Å². The van der Waals surface area contributed by atoms with Crippen LogP contribution in [0, 0.1) is 19.8 Å². The zero-order valence-electron chi connectivity index (χ0n) is 14.4. The van der Waals surface area contributed by atoms with E-state index < -0.39 is 12.0 Å². The summed E-state index contributed by atoms with van der Waals surface area (Å²) >= 11 is 0. The average Bonchev–Trinajstić information content (AvgIpc) is 2.79. The molecule has 1 aromatic heterocycles. The van der Waals surface area contributed by atoms with Crippen molar-refractivity contribution in [2.45, 2.75) is 33.2 Å². The van der Waals surface area contributed by atoms with E-state index in [-0.39, 0.29) is 11.8 Å². The number of aromatic nitrogens is 2. The normalized spacial score (nSPS) is 13.3. The number of carboxylic acid groups (broad SMARTS) is 1. The highest BCUT2D eigenvalue weighted by atomic mass is 16.4. The largest absolute Gasteiger partial charge is 0.479 e. The van der Waals surface area contributed by atoms with Gasteiger partial charge in [0, 0.05) is 18.7 Å². The molecule has 6 nitrogen and oxygen atoms in total. The number of aryl methyl sites for hydroxylation is 2. The van der Waals surface area contributed by atoms with Crippen LogP contribution in [0.1, 0.15) is 35.5 Å². The summed E-state index contributed by atoms with van der Waals surface area (Å²) in [5.41, 5.74) is 3.50. The van der Waals surface area contributed by atoms with Gasteiger partial charge in [0.25, 0.3) is 0 Å². The minimum absolute atomic E-state index is 0.283. The first-order valence-electron chi connectivity index (χ1n) is 7.88. The Bertz CT molecular complexity index is 737. The van der Waals surface area contributed by atoms with Crippen molar-refractivity contribution >= 4 is 11.9 Å². The predicted molar refractivity (Wildman–Crippen MR) is 90.5 cm³/mol. The predicted octanol–water partition coefficient (Wildman–Crippen LogP) is 2.16. The summed E-state index contributed by atoms with van der Waals surface area (Å²) in [6, 6.07) is 7.66. The van der Waals surface area contributed by atoms with Gasteiger partial charge >= 0.3 is 5.97 Å². The Balaban J connectivity index is 2.11. The molecule has 0 fully saturated rings. The molecule has 2 aromatic rings. The van der Waals surface area contributed by atoms with E-state index in [2.05, 4.69) is 10.4 Å². The van der Waals surface area contributed by atoms with Crippen molar-refractivity contribution in [2.24, 2.45) is 13.0 Å². The maximum absolute atomic E-state index is 12.5. The van der Waals surface area contributed by atoms with E-state index in [4.69, 9.17) is 0 Å². The second-order valence-corrected chi connectivity index (χ2v) is 6.07. The molecule has 1 aromatic carbocycles. The topological polar surface area (TPSA) is 84.2 Å². The molecule has 24 heavy (non-hydrogen) atoms. The van der Waals surface area contributed by atoms with Gasteiger partial charge in [-0.1, -0.05) is 37.3 Å². The molecule has 2 unspecified atom stereocenters. The number of rotatable bonds is 6. The molecule has 0 saturated carbocycles. The van der Waals surface area contributed by atoms with Crippen molar-refractivity contribution in [1.29, 1.82) is 0 Å². The van der Waals surface area contributed by atoms with Crippen LogP contribution in [0.15, 0.2) is 30.3 Å². The number of nitrogens with one attached hydrogen (secondary N) is 1. The molecule has 0 aliphatic heterocycles. The number of amides is 1. The second-order valence-electron chi connectivity index (χ2n) is 6.07. The van der Waals surface area contributed by atoms with Gasteiger partial charge in [-0.25, -0.2) is 4.79 Å². The van der Waals surface area contributed by atoms with E-state index >= 15 is 0 Å². The SMILES string of the molecule is Cc1nn(C)c(C)c1CC(C)C(=O)NC(C(=O)O)c1ccccc1. The molecule has 0 bridgehead atoms. The fourth-order valence-electron chi connectivity index (χ4n) is 2.73. The van der Waals surface area contributed by atoms with Crippen LogP contribution in [0.3, 0.4) is 0 Å². The number of nitrogens with zero attached hydrogens (tertiary/aromatic N) is 2. The van der Waals surface area contributed by atoms with E-state index in [1.54, 1.807) is 41.9 Å². The van der Waals surface area contributed by atoms with Gasteiger partial charge in [-0.15, -0.1) is 0 Å². The van der Waals surface area contributed by atoms with Crippen molar-refractivity contribution in [3.8, 4) is 0 Å². The van der Waals surface area contributed by atoms with Crippen LogP contribution in [0.4, 0.5) is 0 Å². The molecule has 0 saturated heterocycles. The van der Waals surface area contributed by atoms with Gasteiger partial charge < -0.3 is 10.4 Å². The summed E-state index contributed by atoms with van der Waals surface area (Å²) < 4.78 is 1.79. The third-order valence-corrected chi connectivity index (χ3v) is 4.28. The lowest BCUT2D eigenvalue weighted by atomic mass is 9.98. The number of aliphatic carboxylic acids is 1. The lowest BCUT2D eigenvalue weighted by Crippen LogP contribution is -2.37. The van der Waals surface area contributed by atoms with Gasteiger partial charge in [0.1, 0.15) is 0 Å². The Labute approximate surface area is 141 Å². The molecule has 6 heteroatoms. The first-order valence-corrected chi connectivity index (χ1v) is 7.88. The van der Waals surface area contributed by atoms with Crippen LogP contribution in [0.25, 0.3) is 0 Å². The summed E-state index contributed by atoms with van der Waals surface area (Å²) in [7, 11) is 1.87. The summed E-state index contributed by atoms with van der Waals surface area (Å²) in [4.78, 5) is 24.0. The van der Waals surface area contributed by atoms with E-state index in [0.717, 1.165) is 17.0 Å². The zero-order valence-corrected chi connectivity index (χ0v) is 14.4. The molecule has 0 aliphatic rings. The lowest BCUT2D eigenvalue weighted by molar-refractivity contribution is -0.142. The van der Waals surface area contributed by atoms with Crippen molar-refractivity contribution in [1.82, 2.24) is 15.1 Å². The molecule has 0 radical (unpaired) electrons. The number of hydrogen-bond donors (Lipinski definition) is 2. The van der Waals surface area contributed by atoms with E-state index in [0.29, 0.717) is 12.0 Å². The molecule has 0 aliphatic carbocycles. The number of benzene rings is 1. The maximum atomic E-state index is 12.5. The minimum atomic E-state index is -1.07. The van der Waals surface area contributed by atoms with Crippen molar-refractivity contribution < 1.29 is 14.7 Å². The minimum Gasteiger partial charge on any atom is -0.479 e. The van der Waals surface area contributed by atoms with Crippen LogP contribution in [0.5, 0.6) is 0 Å². The van der Waals surface area contributed by atoms with Gasteiger partial charge in [-0.2, -0.15) is 5.10 Å². The smallest absolute Gasteiger partial charge is 0.330 e. The molecule has 1 heterocycles. The first kappa shape index (κ1) is 17.7. The highest BCUT2D eigenvalue weighted by Gasteiger charge is 2.25. The van der Waals surface area contributed by atoms with Crippen LogP contribution in [-0.4, -0.2) is 26.8 Å². The summed E-state index contributed by atoms with van der Waals surface area (Å²) in [5.74, 6) is -1.71. The average molecular weight is 329 g/mol. The van der Waals surface area contributed by atoms with E-state index in [1.807, 2.05) is 20.9 Å². The van der Waals surface area contributed by atoms with E-state index in [1.165, 1.54) is 0 Å². The molecule has 1 amide bonds. The Hall–Kier alpha value is -2.63. The van der Waals surface area contributed by atoms with Crippen LogP contribution in [-0.2, 0) is 23.1 Å². The highest BCUT2D eigenvalue weighted by molar-refractivity contribution is 5.85. The van der Waals surface area contributed by atoms with Gasteiger partial charge in [-0.3, -0.25) is 9.48 Å². The van der Waals surface area contributed by atoms with E-state index in [9.17, 15) is 14.7 Å². The number of hydrogen-bond acceptors (Lipinski definition) is 3. The lowest BCUT2D eigenvalue weighted by Gasteiger charge is -2.18. The molecule has 2 atom stereocenters. The van der Waals surface area contributed by atoms with Gasteiger partial charge in [0.05, 0.1) is 5.69 Å². The van der Waals surface area contributed by atoms with Gasteiger partial charge in [0.2, 0.25) is 5.91 Å². The third kappa shape index (κ3) is 3.82. The van der Waals surface area contributed by atoms with Crippen LogP contribution >= 0.6 is 0 Å². The molecular formula is C18H23N3O3. The standard InChI is InChI=1S/C18H23N3O3/c1-11(10-15-12(2)20-21(4)13(15)3)17(22)19-16(18(23)24)14-8-6-5-7-9-14/h5-9,11,16H,10H2,1-4H3,(H,19,22)(H,23,24). The zero-order chi connectivity index (χ0) is 17.9. The monoisotopic (exact) mass is 329 g/mol. The quantitative estimate of drug-likeness (QED) is 0.850. The fourth-order valence-corrected chi connectivity index (χ4v) is 2.73. The molecule has 0 spiro atoms. The molecular weight excluding hydrogens is 306 g/mol. The van der Waals surface area contributed by atoms with Gasteiger partial charge in [-0.05, 0) is 31.4 Å². The van der Waals surface area contributed by atoms with Crippen molar-refractivity contribution in [3.05, 3.63) is 52.8 Å². The first-order chi connectivity index (χ1) is 11.3. The maximum Gasteiger partial charge on any atom is 0.330 e. The Morgan fingerprint density at radius 1 is 1.25 bits per heavy atom. The second kappa shape index (κ2) is 7.29. The molecule has 2 N–H and O–H groups in total. The third-order valence-electron chi connectivity index (χ3n) is 4.28. The Morgan fingerprint density at radius 2 is 1.88 bits per heavy atom. The van der Waals surface area contributed by atoms with Crippen molar-refractivity contribution in [2.75, 3.05) is 0 Å². The summed E-state index contributed by atoms with van der Waals surface area (Å²) in [6.45, 7) is 5.67. The molecule has 2 rings (SSSR count). The Kier molecular flexibility index (Phi) is 5.39. The molecule has 128 valence electrons. The summed E-state index contributed by atoms with van der Waals surface area (Å²) in [5, 5.41) is 16.4. The summed E-state index contributed by atoms with van der Waals surface area (Å²) in [6.07, 6.45) is 0.526. The Morgan fingerprint density at radius 3 is 2.38 bits per heavy atom. The van der Waals surface area contributed by atoms with Crippen molar-refractivity contribution in [3.63, 3.8) is 0 Å². The number of carbonyl (C=O) groups is 2. The van der Waals surface area contributed by atoms with Gasteiger partial charge in [0.15, 0.2) is 6.04 Å². The number of carbonyl (C=O) groups excluding carboxylic acids is 1. The number of carboxylic acids is 1.